The van der Waals surface area contributed by atoms with Gasteiger partial charge in [-0.25, -0.2) is 0 Å². The van der Waals surface area contributed by atoms with Crippen LogP contribution in [0, 0.1) is 13.8 Å². The van der Waals surface area contributed by atoms with Crippen molar-refractivity contribution >= 4 is 21.9 Å². The van der Waals surface area contributed by atoms with Gasteiger partial charge < -0.3 is 9.47 Å². The molecule has 258 valence electrons. The Kier molecular flexibility index (Phi) is 7.48. The predicted molar refractivity (Wildman–Crippen MR) is 220 cm³/mol. The van der Waals surface area contributed by atoms with Crippen molar-refractivity contribution in [3.63, 3.8) is 0 Å². The number of ether oxygens (including phenoxy) is 2. The molecule has 0 saturated carbocycles. The van der Waals surface area contributed by atoms with Crippen molar-refractivity contribution in [2.45, 2.75) is 39.4 Å². The monoisotopic (exact) mass is 686 g/mol. The summed E-state index contributed by atoms with van der Waals surface area (Å²) in [4.78, 5) is 0. The van der Waals surface area contributed by atoms with Gasteiger partial charge in [0.2, 0.25) is 0 Å². The van der Waals surface area contributed by atoms with Crippen molar-refractivity contribution in [3.05, 3.63) is 208 Å². The Bertz CT molecular complexity index is 2580. The molecule has 0 bridgehead atoms. The van der Waals surface area contributed by atoms with Crippen LogP contribution in [0.3, 0.4) is 0 Å². The topological polar surface area (TPSA) is 18.5 Å². The van der Waals surface area contributed by atoms with E-state index in [1.807, 2.05) is 7.11 Å². The first kappa shape index (κ1) is 32.9. The number of aryl methyl sites for hydroxylation is 2. The van der Waals surface area contributed by atoms with Gasteiger partial charge in [0.1, 0.15) is 11.4 Å². The van der Waals surface area contributed by atoms with Crippen molar-refractivity contribution in [3.8, 4) is 28.0 Å². The summed E-state index contributed by atoms with van der Waals surface area (Å²) >= 11 is 0. The van der Waals surface area contributed by atoms with Gasteiger partial charge >= 0.3 is 0 Å². The zero-order chi connectivity index (χ0) is 35.2. The van der Waals surface area contributed by atoms with Crippen LogP contribution in [0.4, 0.5) is 0 Å². The Labute approximate surface area is 312 Å². The van der Waals surface area contributed by atoms with Gasteiger partial charge in [0.25, 0.3) is 0 Å². The number of methoxy groups -OCH3 is 1. The Balaban J connectivity index is 0.00000372. The maximum absolute atomic E-state index is 7.31. The maximum Gasteiger partial charge on any atom is 0.179 e. The van der Waals surface area contributed by atoms with Crippen LogP contribution < -0.4 is 4.74 Å². The van der Waals surface area contributed by atoms with Gasteiger partial charge in [-0.15, -0.1) is 0 Å². The van der Waals surface area contributed by atoms with Crippen LogP contribution in [0.5, 0.6) is 5.75 Å². The quantitative estimate of drug-likeness (QED) is 0.183. The summed E-state index contributed by atoms with van der Waals surface area (Å²) in [6.45, 7) is 6.59. The second-order valence-corrected chi connectivity index (χ2v) is 14.5. The zero-order valence-corrected chi connectivity index (χ0v) is 29.8. The molecule has 0 radical (unpaired) electrons. The van der Waals surface area contributed by atoms with Crippen LogP contribution in [0.1, 0.15) is 64.4 Å². The molecule has 1 aliphatic heterocycles. The van der Waals surface area contributed by atoms with E-state index in [0.29, 0.717) is 0 Å². The molecule has 0 N–H and O–H groups in total. The van der Waals surface area contributed by atoms with Crippen LogP contribution in [0.25, 0.3) is 44.2 Å². The van der Waals surface area contributed by atoms with Crippen molar-refractivity contribution in [1.29, 1.82) is 0 Å². The highest BCUT2D eigenvalue weighted by molar-refractivity contribution is 5.97. The lowest BCUT2D eigenvalue weighted by Gasteiger charge is -2.36. The Hall–Kier alpha value is -5.96. The maximum atomic E-state index is 7.31. The highest BCUT2D eigenvalue weighted by Crippen LogP contribution is 2.56. The molecular weight excluding hydrogens is 645 g/mol. The molecule has 2 nitrogen and oxygen atoms in total. The van der Waals surface area contributed by atoms with Gasteiger partial charge in [-0.05, 0) is 111 Å². The molecular formula is C51H42O2. The summed E-state index contributed by atoms with van der Waals surface area (Å²) in [7, 11) is 1.82. The SMILES string of the molecule is C.COC1(/C=C(\C)c2ccc(C3=CC4(Oc5cc6c(C)c(C)ccc6cc53)c3ccccc3-c3ccccc34)cc2)c2ccccc2-c2ccccc21. The summed E-state index contributed by atoms with van der Waals surface area (Å²) in [5.41, 5.74) is 16.5. The minimum atomic E-state index is -0.747. The highest BCUT2D eigenvalue weighted by Gasteiger charge is 2.47. The summed E-state index contributed by atoms with van der Waals surface area (Å²) in [6.07, 6.45) is 4.67. The summed E-state index contributed by atoms with van der Waals surface area (Å²) in [5, 5.41) is 2.45. The van der Waals surface area contributed by atoms with Gasteiger partial charge in [0.15, 0.2) is 5.60 Å². The van der Waals surface area contributed by atoms with E-state index in [1.165, 1.54) is 72.0 Å². The third-order valence-electron chi connectivity index (χ3n) is 11.9. The predicted octanol–water partition coefficient (Wildman–Crippen LogP) is 12.8. The van der Waals surface area contributed by atoms with Crippen LogP contribution in [-0.4, -0.2) is 7.11 Å². The van der Waals surface area contributed by atoms with Crippen molar-refractivity contribution < 1.29 is 9.47 Å². The van der Waals surface area contributed by atoms with Crippen LogP contribution in [0.2, 0.25) is 0 Å². The lowest BCUT2D eigenvalue weighted by Crippen LogP contribution is -2.33. The van der Waals surface area contributed by atoms with Gasteiger partial charge in [0, 0.05) is 34.9 Å². The highest BCUT2D eigenvalue weighted by atomic mass is 16.5. The molecule has 1 spiro atoms. The molecule has 0 unspecified atom stereocenters. The summed E-state index contributed by atoms with van der Waals surface area (Å²) < 4.78 is 13.8. The number of allylic oxidation sites excluding steroid dienone is 1. The molecule has 3 aliphatic rings. The van der Waals surface area contributed by atoms with Crippen molar-refractivity contribution in [2.24, 2.45) is 0 Å². The van der Waals surface area contributed by atoms with E-state index >= 15 is 0 Å². The van der Waals surface area contributed by atoms with Crippen molar-refractivity contribution in [1.82, 2.24) is 0 Å². The van der Waals surface area contributed by atoms with E-state index in [0.717, 1.165) is 28.0 Å². The number of rotatable bonds is 4. The average Bonchev–Trinajstić information content (AvgIpc) is 3.62. The first-order chi connectivity index (χ1) is 25.4. The first-order valence-electron chi connectivity index (χ1n) is 18.1. The first-order valence-corrected chi connectivity index (χ1v) is 18.1. The lowest BCUT2D eigenvalue weighted by atomic mass is 9.81. The largest absolute Gasteiger partial charge is 0.473 e. The molecule has 0 amide bonds. The normalized spacial score (nSPS) is 15.4. The third kappa shape index (κ3) is 4.62. The van der Waals surface area contributed by atoms with Crippen LogP contribution in [0.15, 0.2) is 158 Å². The van der Waals surface area contributed by atoms with Gasteiger partial charge in [0.05, 0.1) is 0 Å². The van der Waals surface area contributed by atoms with Crippen molar-refractivity contribution in [2.75, 3.05) is 7.11 Å². The van der Waals surface area contributed by atoms with Gasteiger partial charge in [-0.2, -0.15) is 0 Å². The molecule has 0 atom stereocenters. The number of hydrogen-bond donors (Lipinski definition) is 0. The number of hydrogen-bond acceptors (Lipinski definition) is 2. The van der Waals surface area contributed by atoms with Gasteiger partial charge in [-0.1, -0.05) is 141 Å². The van der Waals surface area contributed by atoms with Crippen LogP contribution in [-0.2, 0) is 15.9 Å². The fourth-order valence-corrected chi connectivity index (χ4v) is 9.09. The van der Waals surface area contributed by atoms with Crippen LogP contribution >= 0.6 is 0 Å². The molecule has 0 aromatic heterocycles. The minimum Gasteiger partial charge on any atom is -0.473 e. The fraction of sp³-hybridized carbons (Fsp3) is 0.137. The van der Waals surface area contributed by atoms with E-state index in [1.54, 1.807) is 0 Å². The molecule has 1 heterocycles. The Morgan fingerprint density at radius 3 is 1.70 bits per heavy atom. The molecule has 0 saturated heterocycles. The minimum absolute atomic E-state index is 0. The molecule has 7 aromatic carbocycles. The lowest BCUT2D eigenvalue weighted by molar-refractivity contribution is 0.0698. The number of fused-ring (bicyclic) bond motifs is 10. The van der Waals surface area contributed by atoms with E-state index in [2.05, 4.69) is 179 Å². The second-order valence-electron chi connectivity index (χ2n) is 14.5. The number of benzene rings is 7. The van der Waals surface area contributed by atoms with E-state index in [-0.39, 0.29) is 7.43 Å². The molecule has 53 heavy (non-hydrogen) atoms. The average molecular weight is 687 g/mol. The molecule has 10 rings (SSSR count). The Morgan fingerprint density at radius 2 is 1.13 bits per heavy atom. The fourth-order valence-electron chi connectivity index (χ4n) is 9.09. The second kappa shape index (κ2) is 12.0. The van der Waals surface area contributed by atoms with E-state index < -0.39 is 11.2 Å². The molecule has 7 aromatic rings. The smallest absolute Gasteiger partial charge is 0.179 e. The molecule has 0 fully saturated rings. The zero-order valence-electron chi connectivity index (χ0n) is 29.8. The van der Waals surface area contributed by atoms with Gasteiger partial charge in [-0.3, -0.25) is 0 Å². The molecule has 2 aliphatic carbocycles. The van der Waals surface area contributed by atoms with E-state index in [4.69, 9.17) is 9.47 Å². The summed E-state index contributed by atoms with van der Waals surface area (Å²) in [6, 6.07) is 52.7. The summed E-state index contributed by atoms with van der Waals surface area (Å²) in [5.74, 6) is 0.908. The van der Waals surface area contributed by atoms with E-state index in [9.17, 15) is 0 Å². The molecule has 2 heteroatoms. The standard InChI is InChI=1S/C50H38O2.CH4/c1-31-21-22-36-27-42-43(30-50(52-48(42)28-41(36)33(31)3)46-19-11-7-15-39(46)40-16-8-12-20-47(40)50)35-25-23-34(24-26-35)32(2)29-49(51-4)44-17-9-5-13-37(44)38-14-6-10-18-45(38)49;/h5-30H,1-4H3;1H4/b32-29+;. The Morgan fingerprint density at radius 1 is 0.604 bits per heavy atom. The third-order valence-corrected chi connectivity index (χ3v) is 11.9.